The van der Waals surface area contributed by atoms with Crippen LogP contribution < -0.4 is 4.74 Å². The molecule has 2 aromatic rings. The average molecular weight is 556 g/mol. The molecule has 0 N–H and O–H groups in total. The quantitative estimate of drug-likeness (QED) is 0.123. The maximum Gasteiger partial charge on any atom is 0.324 e. The molecule has 0 heterocycles. The summed E-state index contributed by atoms with van der Waals surface area (Å²) in [5, 5.41) is 9.99. The first-order valence-electron chi connectivity index (χ1n) is 7.34. The Morgan fingerprint density at radius 2 is 1.57 bits per heavy atom. The lowest BCUT2D eigenvalue weighted by atomic mass is 10.3. The zero-order valence-electron chi connectivity index (χ0n) is 14.5. The molecule has 0 bridgehead atoms. The highest BCUT2D eigenvalue weighted by Crippen LogP contribution is 2.48. The van der Waals surface area contributed by atoms with Gasteiger partial charge in [0.15, 0.2) is 15.6 Å². The Labute approximate surface area is 197 Å². The Kier molecular flexibility index (Phi) is 8.00. The van der Waals surface area contributed by atoms with Crippen molar-refractivity contribution in [1.29, 1.82) is 0 Å². The van der Waals surface area contributed by atoms with Gasteiger partial charge in [-0.05, 0) is 12.1 Å². The molecule has 0 aliphatic carbocycles. The number of nitro groups is 1. The van der Waals surface area contributed by atoms with E-state index in [0.29, 0.717) is 0 Å². The van der Waals surface area contributed by atoms with Gasteiger partial charge in [0.2, 0.25) is 0 Å². The summed E-state index contributed by atoms with van der Waals surface area (Å²) in [6, 6.07) is 2.77. The fourth-order valence-electron chi connectivity index (χ4n) is 2.07. The second kappa shape index (κ2) is 9.56. The van der Waals surface area contributed by atoms with Crippen molar-refractivity contribution in [3.8, 4) is 5.75 Å². The molecule has 15 heteroatoms. The number of nitrogens with zero attached hydrogens (tertiary/aromatic N) is 1. The van der Waals surface area contributed by atoms with Crippen molar-refractivity contribution < 1.29 is 27.1 Å². The largest absolute Gasteiger partial charge is 0.423 e. The van der Waals surface area contributed by atoms with Gasteiger partial charge in [-0.3, -0.25) is 19.1 Å². The number of sulfone groups is 1. The SMILES string of the molecule is CS(=O)(=O)c1ccc(S(=O)CC(=O)Oc2c(Cl)c(Cl)c(Cl)c(Cl)c2Cl)c([N+](=O)[O-])c1. The smallest absolute Gasteiger partial charge is 0.324 e. The highest BCUT2D eigenvalue weighted by atomic mass is 35.5. The van der Waals surface area contributed by atoms with Crippen LogP contribution in [-0.2, 0) is 25.4 Å². The second-order valence-electron chi connectivity index (χ2n) is 5.52. The van der Waals surface area contributed by atoms with Crippen LogP contribution in [0.15, 0.2) is 28.0 Å². The topological polar surface area (TPSA) is 121 Å². The average Bonchev–Trinajstić information content (AvgIpc) is 2.66. The number of benzene rings is 2. The highest BCUT2D eigenvalue weighted by Gasteiger charge is 2.27. The summed E-state index contributed by atoms with van der Waals surface area (Å²) in [6.07, 6.45) is 0.857. The van der Waals surface area contributed by atoms with Crippen LogP contribution in [-0.4, -0.2) is 35.5 Å². The first-order chi connectivity index (χ1) is 13.8. The number of carbonyl (C=O) groups excluding carboxylic acids is 1. The molecular formula is C15H8Cl5NO7S2. The number of halogens is 5. The van der Waals surface area contributed by atoms with Crippen LogP contribution in [0.4, 0.5) is 5.69 Å². The maximum absolute atomic E-state index is 12.5. The van der Waals surface area contributed by atoms with E-state index in [9.17, 15) is 27.5 Å². The molecule has 2 rings (SSSR count). The van der Waals surface area contributed by atoms with Crippen molar-refractivity contribution >= 4 is 90.3 Å². The van der Waals surface area contributed by atoms with Gasteiger partial charge < -0.3 is 4.74 Å². The molecule has 0 saturated carbocycles. The number of rotatable bonds is 6. The normalized spacial score (nSPS) is 12.5. The summed E-state index contributed by atoms with van der Waals surface area (Å²) in [5.74, 6) is -2.40. The van der Waals surface area contributed by atoms with E-state index in [1.165, 1.54) is 0 Å². The first-order valence-corrected chi connectivity index (χ1v) is 12.4. The predicted molar refractivity (Wildman–Crippen MR) is 115 cm³/mol. The minimum Gasteiger partial charge on any atom is -0.423 e. The minimum atomic E-state index is -3.75. The Morgan fingerprint density at radius 1 is 1.07 bits per heavy atom. The minimum absolute atomic E-state index is 0.168. The molecule has 8 nitrogen and oxygen atoms in total. The molecule has 0 aliphatic heterocycles. The van der Waals surface area contributed by atoms with Crippen molar-refractivity contribution in [1.82, 2.24) is 0 Å². The number of carbonyl (C=O) groups is 1. The van der Waals surface area contributed by atoms with Gasteiger partial charge in [0.05, 0.1) is 35.7 Å². The number of nitro benzene ring substituents is 1. The van der Waals surface area contributed by atoms with Crippen LogP contribution in [0.1, 0.15) is 0 Å². The van der Waals surface area contributed by atoms with E-state index in [1.807, 2.05) is 0 Å². The van der Waals surface area contributed by atoms with Crippen molar-refractivity contribution in [2.24, 2.45) is 0 Å². The number of ether oxygens (including phenoxy) is 1. The van der Waals surface area contributed by atoms with E-state index in [4.69, 9.17) is 62.7 Å². The lowest BCUT2D eigenvalue weighted by Crippen LogP contribution is -2.18. The number of hydrogen-bond donors (Lipinski definition) is 0. The molecular weight excluding hydrogens is 548 g/mol. The third-order valence-corrected chi connectivity index (χ3v) is 8.12. The van der Waals surface area contributed by atoms with Gasteiger partial charge in [-0.25, -0.2) is 8.42 Å². The molecule has 0 saturated heterocycles. The molecule has 162 valence electrons. The summed E-state index contributed by atoms with van der Waals surface area (Å²) >= 11 is 29.4. The van der Waals surface area contributed by atoms with Crippen molar-refractivity contribution in [3.05, 3.63) is 53.4 Å². The zero-order chi connectivity index (χ0) is 23.0. The van der Waals surface area contributed by atoms with Crippen molar-refractivity contribution in [2.45, 2.75) is 9.79 Å². The monoisotopic (exact) mass is 553 g/mol. The zero-order valence-corrected chi connectivity index (χ0v) is 19.9. The summed E-state index contributed by atoms with van der Waals surface area (Å²) in [7, 11) is -6.02. The number of hydrogen-bond acceptors (Lipinski definition) is 7. The third kappa shape index (κ3) is 5.37. The maximum atomic E-state index is 12.5. The van der Waals surface area contributed by atoms with Gasteiger partial charge in [0, 0.05) is 12.3 Å². The van der Waals surface area contributed by atoms with E-state index < -0.39 is 48.7 Å². The molecule has 0 fully saturated rings. The van der Waals surface area contributed by atoms with Crippen molar-refractivity contribution in [2.75, 3.05) is 12.0 Å². The Morgan fingerprint density at radius 3 is 2.03 bits per heavy atom. The van der Waals surface area contributed by atoms with Crippen LogP contribution in [0.5, 0.6) is 5.75 Å². The molecule has 1 atom stereocenters. The van der Waals surface area contributed by atoms with E-state index in [-0.39, 0.29) is 34.9 Å². The molecule has 0 spiro atoms. The molecule has 30 heavy (non-hydrogen) atoms. The first kappa shape index (κ1) is 25.1. The van der Waals surface area contributed by atoms with Crippen molar-refractivity contribution in [3.63, 3.8) is 0 Å². The van der Waals surface area contributed by atoms with Gasteiger partial charge >= 0.3 is 5.97 Å². The Hall–Kier alpha value is -1.14. The lowest BCUT2D eigenvalue weighted by molar-refractivity contribution is -0.388. The van der Waals surface area contributed by atoms with Crippen LogP contribution in [0.25, 0.3) is 0 Å². The van der Waals surface area contributed by atoms with Crippen LogP contribution in [0.2, 0.25) is 25.1 Å². The number of esters is 1. The lowest BCUT2D eigenvalue weighted by Gasteiger charge is -2.12. The van der Waals surface area contributed by atoms with Gasteiger partial charge in [-0.15, -0.1) is 0 Å². The molecule has 0 aromatic heterocycles. The highest BCUT2D eigenvalue weighted by molar-refractivity contribution is 7.90. The fraction of sp³-hybridized carbons (Fsp3) is 0.133. The third-order valence-electron chi connectivity index (χ3n) is 3.43. The summed E-state index contributed by atoms with van der Waals surface area (Å²) in [6.45, 7) is 0. The molecule has 2 aromatic carbocycles. The summed E-state index contributed by atoms with van der Waals surface area (Å²) in [4.78, 5) is 21.8. The van der Waals surface area contributed by atoms with Gasteiger partial charge in [0.1, 0.15) is 20.7 Å². The van der Waals surface area contributed by atoms with Crippen LogP contribution in [0, 0.1) is 10.1 Å². The van der Waals surface area contributed by atoms with Crippen LogP contribution in [0.3, 0.4) is 0 Å². The van der Waals surface area contributed by atoms with E-state index in [0.717, 1.165) is 24.5 Å². The molecule has 1 unspecified atom stereocenters. The van der Waals surface area contributed by atoms with E-state index >= 15 is 0 Å². The van der Waals surface area contributed by atoms with Gasteiger partial charge in [-0.2, -0.15) is 0 Å². The van der Waals surface area contributed by atoms with Gasteiger partial charge in [-0.1, -0.05) is 58.0 Å². The molecule has 0 radical (unpaired) electrons. The summed E-state index contributed by atoms with van der Waals surface area (Å²) in [5.41, 5.74) is -0.738. The fourth-order valence-corrected chi connectivity index (χ4v) is 4.92. The standard InChI is InChI=1S/C15H8Cl5NO7S2/c1-30(26,27)6-2-3-8(7(4-6)21(23)24)29(25)5-9(22)28-15-13(19)11(17)10(16)12(18)14(15)20/h2-4H,5H2,1H3. The van der Waals surface area contributed by atoms with Crippen LogP contribution >= 0.6 is 58.0 Å². The Balaban J connectivity index is 2.34. The predicted octanol–water partition coefficient (Wildman–Crippen LogP) is 4.98. The van der Waals surface area contributed by atoms with E-state index in [2.05, 4.69) is 0 Å². The second-order valence-corrected chi connectivity index (χ2v) is 10.8. The van der Waals surface area contributed by atoms with E-state index in [1.54, 1.807) is 0 Å². The molecule has 0 aliphatic rings. The molecule has 0 amide bonds. The Bertz CT molecular complexity index is 1170. The van der Waals surface area contributed by atoms with Gasteiger partial charge in [0.25, 0.3) is 5.69 Å². The summed E-state index contributed by atoms with van der Waals surface area (Å²) < 4.78 is 40.6.